The lowest BCUT2D eigenvalue weighted by Gasteiger charge is -2.10. The monoisotopic (exact) mass is 549 g/mol. The van der Waals surface area contributed by atoms with Crippen LogP contribution in [0, 0.1) is 6.92 Å². The van der Waals surface area contributed by atoms with Crippen LogP contribution in [0.3, 0.4) is 0 Å². The number of fused-ring (bicyclic) bond motifs is 1. The highest BCUT2D eigenvalue weighted by Gasteiger charge is 2.37. The van der Waals surface area contributed by atoms with Crippen LogP contribution in [-0.4, -0.2) is 15.9 Å². The fourth-order valence-corrected chi connectivity index (χ4v) is 4.83. The van der Waals surface area contributed by atoms with Crippen molar-refractivity contribution in [1.29, 1.82) is 0 Å². The molecule has 1 aromatic heterocycles. The molecule has 1 aromatic carbocycles. The van der Waals surface area contributed by atoms with Gasteiger partial charge in [0.15, 0.2) is 0 Å². The SMILES string of the molecule is Cc1cccc(C2=C(O)c3c(Br)c(Br)c(Br)c(Br)c3C2=O)n1. The second kappa shape index (κ2) is 5.85. The number of aromatic nitrogens is 1. The minimum atomic E-state index is -0.258. The van der Waals surface area contributed by atoms with Gasteiger partial charge < -0.3 is 5.11 Å². The summed E-state index contributed by atoms with van der Waals surface area (Å²) in [6.07, 6.45) is 0. The number of ketones is 1. The first-order chi connectivity index (χ1) is 10.3. The van der Waals surface area contributed by atoms with Gasteiger partial charge in [-0.3, -0.25) is 9.78 Å². The maximum absolute atomic E-state index is 12.8. The average Bonchev–Trinajstić information content (AvgIpc) is 2.74. The quantitative estimate of drug-likeness (QED) is 0.346. The Morgan fingerprint density at radius 3 is 2.14 bits per heavy atom. The molecule has 0 saturated heterocycles. The summed E-state index contributed by atoms with van der Waals surface area (Å²) in [7, 11) is 0. The van der Waals surface area contributed by atoms with Gasteiger partial charge in [0.1, 0.15) is 5.76 Å². The number of aliphatic hydroxyl groups excluding tert-OH is 1. The van der Waals surface area contributed by atoms with E-state index in [2.05, 4.69) is 68.7 Å². The smallest absolute Gasteiger partial charge is 0.200 e. The Morgan fingerprint density at radius 2 is 1.55 bits per heavy atom. The number of carbonyl (C=O) groups excluding carboxylic acids is 1. The number of hydrogen-bond acceptors (Lipinski definition) is 3. The Morgan fingerprint density at radius 1 is 0.955 bits per heavy atom. The normalized spacial score (nSPS) is 13.8. The van der Waals surface area contributed by atoms with Crippen molar-refractivity contribution in [2.45, 2.75) is 6.92 Å². The summed E-state index contributed by atoms with van der Waals surface area (Å²) >= 11 is 13.7. The van der Waals surface area contributed by atoms with E-state index in [1.807, 2.05) is 19.1 Å². The lowest BCUT2D eigenvalue weighted by atomic mass is 10.1. The van der Waals surface area contributed by atoms with Crippen molar-refractivity contribution >= 4 is 80.8 Å². The lowest BCUT2D eigenvalue weighted by Crippen LogP contribution is -2.02. The molecule has 2 aromatic rings. The van der Waals surface area contributed by atoms with Gasteiger partial charge in [-0.05, 0) is 82.8 Å². The molecule has 1 heterocycles. The number of pyridine rings is 1. The van der Waals surface area contributed by atoms with E-state index in [-0.39, 0.29) is 17.1 Å². The predicted octanol–water partition coefficient (Wildman–Crippen LogP) is 6.06. The van der Waals surface area contributed by atoms with Gasteiger partial charge in [-0.15, -0.1) is 0 Å². The van der Waals surface area contributed by atoms with Gasteiger partial charge in [0.05, 0.1) is 16.8 Å². The fourth-order valence-electron chi connectivity index (χ4n) is 2.34. The van der Waals surface area contributed by atoms with Crippen LogP contribution in [0.1, 0.15) is 27.3 Å². The van der Waals surface area contributed by atoms with E-state index in [1.165, 1.54) is 0 Å². The zero-order valence-corrected chi connectivity index (χ0v) is 17.4. The molecule has 0 atom stereocenters. The second-order valence-electron chi connectivity index (χ2n) is 4.72. The summed E-state index contributed by atoms with van der Waals surface area (Å²) in [5, 5.41) is 10.6. The van der Waals surface area contributed by atoms with E-state index in [4.69, 9.17) is 0 Å². The third-order valence-electron chi connectivity index (χ3n) is 3.34. The molecule has 0 fully saturated rings. The van der Waals surface area contributed by atoms with E-state index < -0.39 is 0 Å². The molecule has 3 rings (SSSR count). The Hall–Kier alpha value is -0.500. The average molecular weight is 553 g/mol. The molecule has 0 spiro atoms. The molecule has 0 amide bonds. The molecule has 0 radical (unpaired) electrons. The van der Waals surface area contributed by atoms with Crippen molar-refractivity contribution < 1.29 is 9.90 Å². The van der Waals surface area contributed by atoms with Gasteiger partial charge in [-0.25, -0.2) is 0 Å². The number of hydrogen-bond donors (Lipinski definition) is 1. The third-order valence-corrected chi connectivity index (χ3v) is 8.11. The summed E-state index contributed by atoms with van der Waals surface area (Å²) < 4.78 is 2.64. The zero-order chi connectivity index (χ0) is 16.2. The summed E-state index contributed by atoms with van der Waals surface area (Å²) in [6.45, 7) is 1.84. The van der Waals surface area contributed by atoms with Gasteiger partial charge in [0, 0.05) is 29.1 Å². The highest BCUT2D eigenvalue weighted by Crippen LogP contribution is 2.49. The van der Waals surface area contributed by atoms with Gasteiger partial charge >= 0.3 is 0 Å². The van der Waals surface area contributed by atoms with Crippen LogP contribution >= 0.6 is 63.7 Å². The first kappa shape index (κ1) is 16.4. The van der Waals surface area contributed by atoms with Crippen LogP contribution < -0.4 is 0 Å². The molecule has 0 saturated carbocycles. The number of rotatable bonds is 1. The lowest BCUT2D eigenvalue weighted by molar-refractivity contribution is 0.105. The van der Waals surface area contributed by atoms with E-state index in [9.17, 15) is 9.90 Å². The van der Waals surface area contributed by atoms with Crippen LogP contribution in [0.4, 0.5) is 0 Å². The van der Waals surface area contributed by atoms with E-state index in [1.54, 1.807) is 6.07 Å². The summed E-state index contributed by atoms with van der Waals surface area (Å²) in [6, 6.07) is 5.37. The van der Waals surface area contributed by atoms with Crippen molar-refractivity contribution in [3.05, 3.63) is 58.6 Å². The van der Waals surface area contributed by atoms with Crippen LogP contribution in [0.15, 0.2) is 36.1 Å². The van der Waals surface area contributed by atoms with Crippen LogP contribution in [0.2, 0.25) is 0 Å². The number of nitrogens with zero attached hydrogens (tertiary/aromatic N) is 1. The van der Waals surface area contributed by atoms with Crippen molar-refractivity contribution in [2.24, 2.45) is 0 Å². The third kappa shape index (κ3) is 2.33. The van der Waals surface area contributed by atoms with E-state index in [0.29, 0.717) is 30.2 Å². The molecule has 0 aliphatic heterocycles. The minimum Gasteiger partial charge on any atom is -0.506 e. The van der Waals surface area contributed by atoms with Crippen molar-refractivity contribution in [1.82, 2.24) is 4.98 Å². The number of allylic oxidation sites excluding steroid dienone is 1. The van der Waals surface area contributed by atoms with Gasteiger partial charge in [-0.1, -0.05) is 6.07 Å². The maximum Gasteiger partial charge on any atom is 0.200 e. The van der Waals surface area contributed by atoms with Crippen LogP contribution in [0.5, 0.6) is 0 Å². The Labute approximate surface area is 160 Å². The predicted molar refractivity (Wildman–Crippen MR) is 100.0 cm³/mol. The Kier molecular flexibility index (Phi) is 4.35. The number of Topliss-reactive ketones (excluding diaryl/α,β-unsaturated/α-hetero) is 1. The van der Waals surface area contributed by atoms with E-state index >= 15 is 0 Å². The first-order valence-corrected chi connectivity index (χ1v) is 9.30. The highest BCUT2D eigenvalue weighted by atomic mass is 79.9. The highest BCUT2D eigenvalue weighted by molar-refractivity contribution is 9.15. The molecule has 3 nitrogen and oxygen atoms in total. The molecule has 112 valence electrons. The number of aryl methyl sites for hydroxylation is 1. The maximum atomic E-state index is 12.8. The van der Waals surface area contributed by atoms with Crippen LogP contribution in [-0.2, 0) is 0 Å². The largest absolute Gasteiger partial charge is 0.506 e. The molecule has 1 aliphatic rings. The molecule has 7 heteroatoms. The zero-order valence-electron chi connectivity index (χ0n) is 11.0. The second-order valence-corrected chi connectivity index (χ2v) is 7.89. The molecule has 1 N–H and O–H groups in total. The van der Waals surface area contributed by atoms with Gasteiger partial charge in [0.25, 0.3) is 0 Å². The fraction of sp³-hybridized carbons (Fsp3) is 0.0667. The topological polar surface area (TPSA) is 50.2 Å². The summed E-state index contributed by atoms with van der Waals surface area (Å²) in [4.78, 5) is 17.2. The number of benzene rings is 1. The van der Waals surface area contributed by atoms with Crippen molar-refractivity contribution in [2.75, 3.05) is 0 Å². The minimum absolute atomic E-state index is 0.0705. The van der Waals surface area contributed by atoms with Crippen molar-refractivity contribution in [3.63, 3.8) is 0 Å². The van der Waals surface area contributed by atoms with Gasteiger partial charge in [-0.2, -0.15) is 0 Å². The van der Waals surface area contributed by atoms with Crippen molar-refractivity contribution in [3.8, 4) is 0 Å². The van der Waals surface area contributed by atoms with Gasteiger partial charge in [0.2, 0.25) is 5.78 Å². The molecule has 22 heavy (non-hydrogen) atoms. The summed E-state index contributed by atoms with van der Waals surface area (Å²) in [5.74, 6) is -0.328. The summed E-state index contributed by atoms with van der Waals surface area (Å²) in [5.41, 5.74) is 2.33. The number of halogens is 4. The molecular formula is C15H7Br4NO2. The number of carbonyl (C=O) groups is 1. The standard InChI is InChI=1S/C15H7Br4NO2/c1-5-3-2-4-6(20-5)7-14(21)8-9(15(7)22)11(17)13(19)12(18)10(8)16/h2-4,21H,1H3. The first-order valence-electron chi connectivity index (χ1n) is 6.12. The number of aliphatic hydroxyl groups is 1. The Balaban J connectivity index is 2.33. The van der Waals surface area contributed by atoms with Crippen LogP contribution in [0.25, 0.3) is 11.3 Å². The molecule has 0 unspecified atom stereocenters. The molecular weight excluding hydrogens is 546 g/mol. The molecule has 1 aliphatic carbocycles. The van der Waals surface area contributed by atoms with E-state index in [0.717, 1.165) is 10.2 Å². The molecule has 0 bridgehead atoms. The Bertz CT molecular complexity index is 874.